The molecule has 16 heavy (non-hydrogen) atoms. The van der Waals surface area contributed by atoms with Crippen LogP contribution in [0.2, 0.25) is 0 Å². The number of benzene rings is 1. The lowest BCUT2D eigenvalue weighted by molar-refractivity contribution is 0.237. The van der Waals surface area contributed by atoms with Gasteiger partial charge < -0.3 is 5.73 Å². The molecule has 0 aliphatic heterocycles. The van der Waals surface area contributed by atoms with E-state index in [1.54, 1.807) is 12.1 Å². The molecule has 2 nitrogen and oxygen atoms in total. The van der Waals surface area contributed by atoms with Gasteiger partial charge >= 0.3 is 0 Å². The fourth-order valence-electron chi connectivity index (χ4n) is 1.57. The van der Waals surface area contributed by atoms with Crippen molar-refractivity contribution < 1.29 is 4.39 Å². The predicted molar refractivity (Wildman–Crippen MR) is 68.8 cm³/mol. The van der Waals surface area contributed by atoms with Gasteiger partial charge in [-0.05, 0) is 27.0 Å². The van der Waals surface area contributed by atoms with Gasteiger partial charge in [0.25, 0.3) is 0 Å². The molecule has 2 N–H and O–H groups in total. The zero-order valence-electron chi connectivity index (χ0n) is 9.77. The highest BCUT2D eigenvalue weighted by Gasteiger charge is 2.20. The van der Waals surface area contributed by atoms with E-state index >= 15 is 0 Å². The second-order valence-electron chi connectivity index (χ2n) is 3.94. The number of nitrogens with two attached hydrogens (primary N) is 1. The van der Waals surface area contributed by atoms with Crippen LogP contribution in [0.25, 0.3) is 0 Å². The monoisotopic (exact) mass is 240 g/mol. The van der Waals surface area contributed by atoms with E-state index in [4.69, 9.17) is 18.0 Å². The van der Waals surface area contributed by atoms with Crippen LogP contribution in [-0.2, 0) is 0 Å². The summed E-state index contributed by atoms with van der Waals surface area (Å²) in [5, 5.41) is 0. The molecular formula is C12H17FN2S. The number of likely N-dealkylation sites (N-methyl/N-ethyl adjacent to an activating group) is 1. The number of rotatable bonds is 4. The summed E-state index contributed by atoms with van der Waals surface area (Å²) >= 11 is 4.94. The average Bonchev–Trinajstić information content (AvgIpc) is 2.26. The van der Waals surface area contributed by atoms with Gasteiger partial charge in [-0.3, -0.25) is 4.90 Å². The van der Waals surface area contributed by atoms with E-state index in [2.05, 4.69) is 0 Å². The molecule has 0 saturated carbocycles. The first-order valence-corrected chi connectivity index (χ1v) is 5.61. The van der Waals surface area contributed by atoms with Crippen LogP contribution in [0.3, 0.4) is 0 Å². The number of nitrogens with zero attached hydrogens (tertiary/aromatic N) is 1. The predicted octanol–water partition coefficient (Wildman–Crippen LogP) is 2.49. The minimum absolute atomic E-state index is 0.0513. The summed E-state index contributed by atoms with van der Waals surface area (Å²) in [6.45, 7) is 3.85. The molecule has 2 unspecified atom stereocenters. The van der Waals surface area contributed by atoms with Gasteiger partial charge in [-0.15, -0.1) is 0 Å². The number of hydrogen-bond donors (Lipinski definition) is 1. The molecule has 2 atom stereocenters. The Morgan fingerprint density at radius 1 is 1.38 bits per heavy atom. The molecular weight excluding hydrogens is 223 g/mol. The van der Waals surface area contributed by atoms with Gasteiger partial charge in [0.1, 0.15) is 5.82 Å². The van der Waals surface area contributed by atoms with Crippen LogP contribution in [-0.4, -0.2) is 23.0 Å². The van der Waals surface area contributed by atoms with Crippen LogP contribution in [0.5, 0.6) is 0 Å². The van der Waals surface area contributed by atoms with Crippen LogP contribution in [0.4, 0.5) is 4.39 Å². The molecule has 0 saturated heterocycles. The summed E-state index contributed by atoms with van der Waals surface area (Å²) in [6, 6.07) is 6.65. The first kappa shape index (κ1) is 13.1. The first-order chi connectivity index (χ1) is 7.45. The molecule has 0 heterocycles. The molecule has 4 heteroatoms. The van der Waals surface area contributed by atoms with E-state index in [0.29, 0.717) is 10.6 Å². The SMILES string of the molecule is CC(C(N)=S)N(C)C(C)c1ccccc1F. The van der Waals surface area contributed by atoms with Gasteiger partial charge in [-0.2, -0.15) is 0 Å². The van der Waals surface area contributed by atoms with E-state index in [1.165, 1.54) is 6.07 Å². The largest absolute Gasteiger partial charge is 0.392 e. The van der Waals surface area contributed by atoms with E-state index in [-0.39, 0.29) is 17.9 Å². The topological polar surface area (TPSA) is 29.3 Å². The van der Waals surface area contributed by atoms with Crippen LogP contribution in [0, 0.1) is 5.82 Å². The van der Waals surface area contributed by atoms with Crippen molar-refractivity contribution in [3.05, 3.63) is 35.6 Å². The maximum atomic E-state index is 13.6. The second kappa shape index (κ2) is 5.37. The van der Waals surface area contributed by atoms with Crippen LogP contribution >= 0.6 is 12.2 Å². The molecule has 88 valence electrons. The van der Waals surface area contributed by atoms with Crippen molar-refractivity contribution >= 4 is 17.2 Å². The summed E-state index contributed by atoms with van der Waals surface area (Å²) in [5.74, 6) is -0.197. The third-order valence-corrected chi connectivity index (χ3v) is 3.33. The summed E-state index contributed by atoms with van der Waals surface area (Å²) in [6.07, 6.45) is 0. The van der Waals surface area contributed by atoms with Crippen LogP contribution in [0.1, 0.15) is 25.5 Å². The van der Waals surface area contributed by atoms with Gasteiger partial charge in [0.15, 0.2) is 0 Å². The molecule has 1 rings (SSSR count). The van der Waals surface area contributed by atoms with Crippen molar-refractivity contribution in [3.63, 3.8) is 0 Å². The van der Waals surface area contributed by atoms with E-state index < -0.39 is 0 Å². The van der Waals surface area contributed by atoms with Crippen LogP contribution < -0.4 is 5.73 Å². The molecule has 0 aliphatic carbocycles. The molecule has 0 radical (unpaired) electrons. The highest BCUT2D eigenvalue weighted by molar-refractivity contribution is 7.80. The summed E-state index contributed by atoms with van der Waals surface area (Å²) in [5.41, 5.74) is 6.25. The standard InChI is InChI=1S/C12H17FN2S/c1-8(15(3)9(2)12(14)16)10-6-4-5-7-11(10)13/h4-9H,1-3H3,(H2,14,16). The Morgan fingerprint density at radius 3 is 2.44 bits per heavy atom. The molecule has 0 aliphatic rings. The summed E-state index contributed by atoms with van der Waals surface area (Å²) in [7, 11) is 1.89. The van der Waals surface area contributed by atoms with E-state index in [9.17, 15) is 4.39 Å². The van der Waals surface area contributed by atoms with Crippen molar-refractivity contribution in [2.24, 2.45) is 5.73 Å². The maximum Gasteiger partial charge on any atom is 0.127 e. The van der Waals surface area contributed by atoms with Gasteiger partial charge in [0.05, 0.1) is 11.0 Å². The lowest BCUT2D eigenvalue weighted by Crippen LogP contribution is -2.40. The third-order valence-electron chi connectivity index (χ3n) is 2.99. The lowest BCUT2D eigenvalue weighted by Gasteiger charge is -2.30. The maximum absolute atomic E-state index is 13.6. The minimum atomic E-state index is -0.197. The van der Waals surface area contributed by atoms with Gasteiger partial charge in [-0.1, -0.05) is 30.4 Å². The molecule has 1 aromatic carbocycles. The average molecular weight is 240 g/mol. The molecule has 0 aromatic heterocycles. The van der Waals surface area contributed by atoms with Crippen molar-refractivity contribution in [1.29, 1.82) is 0 Å². The Kier molecular flexibility index (Phi) is 4.38. The van der Waals surface area contributed by atoms with Gasteiger partial charge in [-0.25, -0.2) is 4.39 Å². The van der Waals surface area contributed by atoms with Crippen molar-refractivity contribution in [1.82, 2.24) is 4.90 Å². The lowest BCUT2D eigenvalue weighted by atomic mass is 10.1. The van der Waals surface area contributed by atoms with E-state index in [0.717, 1.165) is 0 Å². The fourth-order valence-corrected chi connectivity index (χ4v) is 1.74. The quantitative estimate of drug-likeness (QED) is 0.820. The second-order valence-corrected chi connectivity index (χ2v) is 4.41. The molecule has 0 fully saturated rings. The zero-order chi connectivity index (χ0) is 12.3. The Balaban J connectivity index is 2.90. The Labute approximate surface area is 101 Å². The molecule has 1 aromatic rings. The Morgan fingerprint density at radius 2 is 1.94 bits per heavy atom. The Bertz CT molecular complexity index is 381. The third kappa shape index (κ3) is 2.77. The first-order valence-electron chi connectivity index (χ1n) is 5.20. The Hall–Kier alpha value is -1.00. The zero-order valence-corrected chi connectivity index (χ0v) is 10.6. The van der Waals surface area contributed by atoms with Crippen LogP contribution in [0.15, 0.2) is 24.3 Å². The van der Waals surface area contributed by atoms with Crippen molar-refractivity contribution in [2.75, 3.05) is 7.05 Å². The number of thiocarbonyl (C=S) groups is 1. The number of halogens is 1. The van der Waals surface area contributed by atoms with Gasteiger partial charge in [0, 0.05) is 11.6 Å². The minimum Gasteiger partial charge on any atom is -0.392 e. The van der Waals surface area contributed by atoms with Crippen molar-refractivity contribution in [2.45, 2.75) is 25.9 Å². The highest BCUT2D eigenvalue weighted by atomic mass is 32.1. The van der Waals surface area contributed by atoms with Gasteiger partial charge in [0.2, 0.25) is 0 Å². The van der Waals surface area contributed by atoms with Crippen molar-refractivity contribution in [3.8, 4) is 0 Å². The summed E-state index contributed by atoms with van der Waals surface area (Å²) in [4.78, 5) is 2.38. The smallest absolute Gasteiger partial charge is 0.127 e. The van der Waals surface area contributed by atoms with E-state index in [1.807, 2.05) is 31.9 Å². The highest BCUT2D eigenvalue weighted by Crippen LogP contribution is 2.23. The molecule has 0 amide bonds. The number of hydrogen-bond acceptors (Lipinski definition) is 2. The molecule has 0 bridgehead atoms. The molecule has 0 spiro atoms. The normalized spacial score (nSPS) is 14.8. The summed E-state index contributed by atoms with van der Waals surface area (Å²) < 4.78 is 13.6. The fraction of sp³-hybridized carbons (Fsp3) is 0.417.